The van der Waals surface area contributed by atoms with Crippen molar-refractivity contribution < 1.29 is 4.79 Å². The molecule has 0 saturated carbocycles. The molecule has 0 aliphatic carbocycles. The maximum Gasteiger partial charge on any atom is 0.255 e. The molecular weight excluding hydrogens is 270 g/mol. The van der Waals surface area contributed by atoms with Crippen molar-refractivity contribution in [2.45, 2.75) is 0 Å². The average molecular weight is 283 g/mol. The van der Waals surface area contributed by atoms with Crippen LogP contribution in [0.15, 0.2) is 48.5 Å². The number of benzene rings is 2. The van der Waals surface area contributed by atoms with Gasteiger partial charge in [-0.1, -0.05) is 24.3 Å². The molecule has 20 heavy (non-hydrogen) atoms. The smallest absolute Gasteiger partial charge is 0.255 e. The summed E-state index contributed by atoms with van der Waals surface area (Å²) < 4.78 is 2.48. The lowest BCUT2D eigenvalue weighted by Gasteiger charge is -2.07. The van der Waals surface area contributed by atoms with Crippen LogP contribution in [0.25, 0.3) is 11.0 Å². The van der Waals surface area contributed by atoms with Crippen molar-refractivity contribution in [3.63, 3.8) is 0 Å². The molecule has 0 unspecified atom stereocenters. The number of para-hydroxylation sites is 1. The summed E-state index contributed by atoms with van der Waals surface area (Å²) in [7, 11) is 1.87. The summed E-state index contributed by atoms with van der Waals surface area (Å²) in [6.45, 7) is 0. The minimum absolute atomic E-state index is 0.134. The molecule has 0 radical (unpaired) electrons. The highest BCUT2D eigenvalue weighted by Gasteiger charge is 2.10. The number of nitrogens with one attached hydrogen (secondary N) is 2. The molecule has 0 fully saturated rings. The van der Waals surface area contributed by atoms with E-state index in [0.717, 1.165) is 16.7 Å². The zero-order valence-electron chi connectivity index (χ0n) is 10.9. The monoisotopic (exact) mass is 283 g/mol. The number of imidazole rings is 1. The van der Waals surface area contributed by atoms with Gasteiger partial charge in [0.25, 0.3) is 5.91 Å². The molecule has 0 bridgehead atoms. The predicted molar refractivity (Wildman–Crippen MR) is 82.5 cm³/mol. The number of aromatic nitrogens is 2. The summed E-state index contributed by atoms with van der Waals surface area (Å²) in [6, 6.07) is 14.8. The number of rotatable bonds is 2. The number of hydrogen-bond donors (Lipinski definition) is 2. The second-order valence-electron chi connectivity index (χ2n) is 4.51. The van der Waals surface area contributed by atoms with E-state index < -0.39 is 0 Å². The largest absolute Gasteiger partial charge is 0.331 e. The number of H-pyrrole nitrogens is 1. The van der Waals surface area contributed by atoms with Crippen molar-refractivity contribution in [1.29, 1.82) is 0 Å². The SMILES string of the molecule is Cn1c(=S)[nH]c2cccc(NC(=O)c3ccccc3)c21. The van der Waals surface area contributed by atoms with Crippen molar-refractivity contribution >= 4 is 34.8 Å². The van der Waals surface area contributed by atoms with Crippen LogP contribution in [0.1, 0.15) is 10.4 Å². The maximum atomic E-state index is 12.2. The molecule has 0 saturated heterocycles. The molecule has 3 aromatic rings. The number of aryl methyl sites for hydroxylation is 1. The second kappa shape index (κ2) is 4.94. The lowest BCUT2D eigenvalue weighted by molar-refractivity contribution is 0.102. The van der Waals surface area contributed by atoms with Gasteiger partial charge in [0.15, 0.2) is 4.77 Å². The van der Waals surface area contributed by atoms with Gasteiger partial charge < -0.3 is 14.9 Å². The van der Waals surface area contributed by atoms with Crippen LogP contribution in [0.2, 0.25) is 0 Å². The van der Waals surface area contributed by atoms with Crippen LogP contribution in [-0.2, 0) is 7.05 Å². The van der Waals surface area contributed by atoms with E-state index in [9.17, 15) is 4.79 Å². The van der Waals surface area contributed by atoms with Crippen LogP contribution in [0.3, 0.4) is 0 Å². The number of anilines is 1. The Morgan fingerprint density at radius 1 is 1.15 bits per heavy atom. The molecule has 1 aromatic heterocycles. The highest BCUT2D eigenvalue weighted by atomic mass is 32.1. The highest BCUT2D eigenvalue weighted by Crippen LogP contribution is 2.23. The van der Waals surface area contributed by atoms with Crippen LogP contribution in [-0.4, -0.2) is 15.5 Å². The third kappa shape index (κ3) is 2.12. The van der Waals surface area contributed by atoms with Gasteiger partial charge in [0.2, 0.25) is 0 Å². The van der Waals surface area contributed by atoms with Gasteiger partial charge >= 0.3 is 0 Å². The minimum Gasteiger partial charge on any atom is -0.331 e. The number of fused-ring (bicyclic) bond motifs is 1. The first kappa shape index (κ1) is 12.6. The quantitative estimate of drug-likeness (QED) is 0.707. The Labute approximate surface area is 121 Å². The van der Waals surface area contributed by atoms with E-state index >= 15 is 0 Å². The molecule has 2 N–H and O–H groups in total. The van der Waals surface area contributed by atoms with Crippen LogP contribution in [0.4, 0.5) is 5.69 Å². The number of amides is 1. The topological polar surface area (TPSA) is 49.8 Å². The van der Waals surface area contributed by atoms with Gasteiger partial charge in [-0.15, -0.1) is 0 Å². The van der Waals surface area contributed by atoms with E-state index in [-0.39, 0.29) is 5.91 Å². The van der Waals surface area contributed by atoms with Crippen LogP contribution in [0.5, 0.6) is 0 Å². The predicted octanol–water partition coefficient (Wildman–Crippen LogP) is 3.49. The molecule has 5 heteroatoms. The Bertz CT molecular complexity index is 833. The second-order valence-corrected chi connectivity index (χ2v) is 4.90. The fourth-order valence-corrected chi connectivity index (χ4v) is 2.39. The van der Waals surface area contributed by atoms with Gasteiger partial charge in [0.1, 0.15) is 0 Å². The van der Waals surface area contributed by atoms with Crippen molar-refractivity contribution in [3.05, 3.63) is 58.9 Å². The van der Waals surface area contributed by atoms with E-state index in [0.29, 0.717) is 10.3 Å². The molecule has 0 atom stereocenters. The first-order valence-corrected chi connectivity index (χ1v) is 6.62. The standard InChI is InChI=1S/C15H13N3OS/c1-18-13-11(8-5-9-12(13)17-15(18)20)16-14(19)10-6-3-2-4-7-10/h2-9H,1H3,(H,16,19)(H,17,20). The number of carbonyl (C=O) groups excluding carboxylic acids is 1. The van der Waals surface area contributed by atoms with Gasteiger partial charge in [-0.3, -0.25) is 4.79 Å². The van der Waals surface area contributed by atoms with Gasteiger partial charge in [-0.25, -0.2) is 0 Å². The number of hydrogen-bond acceptors (Lipinski definition) is 2. The van der Waals surface area contributed by atoms with Gasteiger partial charge in [0, 0.05) is 12.6 Å². The van der Waals surface area contributed by atoms with E-state index in [1.165, 1.54) is 0 Å². The zero-order valence-corrected chi connectivity index (χ0v) is 11.7. The Morgan fingerprint density at radius 2 is 1.90 bits per heavy atom. The lowest BCUT2D eigenvalue weighted by Crippen LogP contribution is -2.12. The lowest BCUT2D eigenvalue weighted by atomic mass is 10.2. The Kier molecular flexibility index (Phi) is 3.12. The van der Waals surface area contributed by atoms with Crippen molar-refractivity contribution in [3.8, 4) is 0 Å². The molecule has 0 aliphatic rings. The zero-order chi connectivity index (χ0) is 14.1. The summed E-state index contributed by atoms with van der Waals surface area (Å²) in [5, 5.41) is 2.93. The number of aromatic amines is 1. The average Bonchev–Trinajstić information content (AvgIpc) is 2.76. The molecule has 3 rings (SSSR count). The number of nitrogens with zero attached hydrogens (tertiary/aromatic N) is 1. The summed E-state index contributed by atoms with van der Waals surface area (Å²) in [4.78, 5) is 15.3. The Morgan fingerprint density at radius 3 is 2.65 bits per heavy atom. The van der Waals surface area contributed by atoms with Crippen molar-refractivity contribution in [2.24, 2.45) is 7.05 Å². The highest BCUT2D eigenvalue weighted by molar-refractivity contribution is 7.71. The molecule has 0 aliphatic heterocycles. The van der Waals surface area contributed by atoms with E-state index in [1.54, 1.807) is 12.1 Å². The van der Waals surface area contributed by atoms with E-state index in [4.69, 9.17) is 12.2 Å². The summed E-state index contributed by atoms with van der Waals surface area (Å²) in [6.07, 6.45) is 0. The fraction of sp³-hybridized carbons (Fsp3) is 0.0667. The molecular formula is C15H13N3OS. The first-order chi connectivity index (χ1) is 9.66. The normalized spacial score (nSPS) is 10.7. The summed E-state index contributed by atoms with van der Waals surface area (Å²) in [5.74, 6) is -0.134. The fourth-order valence-electron chi connectivity index (χ4n) is 2.19. The summed E-state index contributed by atoms with van der Waals surface area (Å²) in [5.41, 5.74) is 3.16. The molecule has 2 aromatic carbocycles. The van der Waals surface area contributed by atoms with E-state index in [1.807, 2.05) is 48.0 Å². The molecule has 1 heterocycles. The Balaban J connectivity index is 2.03. The maximum absolute atomic E-state index is 12.2. The van der Waals surface area contributed by atoms with Crippen molar-refractivity contribution in [1.82, 2.24) is 9.55 Å². The number of carbonyl (C=O) groups is 1. The molecule has 100 valence electrons. The molecule has 1 amide bonds. The van der Waals surface area contributed by atoms with Gasteiger partial charge in [0.05, 0.1) is 16.7 Å². The Hall–Kier alpha value is -2.40. The third-order valence-electron chi connectivity index (χ3n) is 3.20. The molecule has 4 nitrogen and oxygen atoms in total. The summed E-state index contributed by atoms with van der Waals surface area (Å²) >= 11 is 5.22. The van der Waals surface area contributed by atoms with Crippen LogP contribution in [0, 0.1) is 4.77 Å². The molecule has 0 spiro atoms. The van der Waals surface area contributed by atoms with Crippen LogP contribution < -0.4 is 5.32 Å². The third-order valence-corrected chi connectivity index (χ3v) is 3.58. The minimum atomic E-state index is -0.134. The van der Waals surface area contributed by atoms with E-state index in [2.05, 4.69) is 10.3 Å². The van der Waals surface area contributed by atoms with Crippen molar-refractivity contribution in [2.75, 3.05) is 5.32 Å². The van der Waals surface area contributed by atoms with Gasteiger partial charge in [-0.05, 0) is 36.5 Å². The van der Waals surface area contributed by atoms with Crippen LogP contribution >= 0.6 is 12.2 Å². The first-order valence-electron chi connectivity index (χ1n) is 6.21. The van der Waals surface area contributed by atoms with Gasteiger partial charge in [-0.2, -0.15) is 0 Å².